The van der Waals surface area contributed by atoms with Gasteiger partial charge in [-0.25, -0.2) is 9.59 Å². The van der Waals surface area contributed by atoms with Crippen LogP contribution in [0.15, 0.2) is 84.9 Å². The van der Waals surface area contributed by atoms with Gasteiger partial charge in [-0.2, -0.15) is 0 Å². The van der Waals surface area contributed by atoms with Gasteiger partial charge in [-0.15, -0.1) is 0 Å². The summed E-state index contributed by atoms with van der Waals surface area (Å²) in [6.07, 6.45) is -0.420. The van der Waals surface area contributed by atoms with Crippen LogP contribution in [0.1, 0.15) is 11.1 Å². The van der Waals surface area contributed by atoms with Gasteiger partial charge in [-0.05, 0) is 35.4 Å². The van der Waals surface area contributed by atoms with Crippen LogP contribution in [0.5, 0.6) is 5.75 Å². The highest BCUT2D eigenvalue weighted by atomic mass is 35.5. The maximum atomic E-state index is 12.7. The fourth-order valence-electron chi connectivity index (χ4n) is 2.64. The number of rotatable bonds is 7. The fourth-order valence-corrected chi connectivity index (χ4v) is 2.77. The van der Waals surface area contributed by atoms with Crippen molar-refractivity contribution in [2.24, 2.45) is 0 Å². The van der Waals surface area contributed by atoms with E-state index in [-0.39, 0.29) is 13.0 Å². The van der Waals surface area contributed by atoms with Crippen molar-refractivity contribution in [2.75, 3.05) is 0 Å². The van der Waals surface area contributed by atoms with Crippen molar-refractivity contribution in [3.63, 3.8) is 0 Å². The average molecular weight is 410 g/mol. The number of halogens is 1. The van der Waals surface area contributed by atoms with E-state index < -0.39 is 18.1 Å². The molecule has 0 heterocycles. The zero-order valence-electron chi connectivity index (χ0n) is 15.6. The lowest BCUT2D eigenvalue weighted by Crippen LogP contribution is -2.44. The molecule has 0 saturated carbocycles. The second kappa shape index (κ2) is 10.3. The molecule has 0 bridgehead atoms. The van der Waals surface area contributed by atoms with Crippen molar-refractivity contribution in [2.45, 2.75) is 19.1 Å². The normalized spacial score (nSPS) is 11.3. The Morgan fingerprint density at radius 1 is 0.828 bits per heavy atom. The SMILES string of the molecule is O=C(N[C@@H](Cc1ccccc1)C(=O)Oc1ccc(Cl)cc1)OCc1ccccc1. The van der Waals surface area contributed by atoms with E-state index >= 15 is 0 Å². The minimum atomic E-state index is -0.906. The van der Waals surface area contributed by atoms with E-state index in [4.69, 9.17) is 21.1 Å². The number of amides is 1. The lowest BCUT2D eigenvalue weighted by atomic mass is 10.1. The fraction of sp³-hybridized carbons (Fsp3) is 0.130. The van der Waals surface area contributed by atoms with Gasteiger partial charge in [-0.3, -0.25) is 0 Å². The van der Waals surface area contributed by atoms with Gasteiger partial charge in [0.1, 0.15) is 18.4 Å². The van der Waals surface area contributed by atoms with Crippen LogP contribution in [0.2, 0.25) is 5.02 Å². The van der Waals surface area contributed by atoms with E-state index in [2.05, 4.69) is 5.32 Å². The van der Waals surface area contributed by atoms with Crippen LogP contribution >= 0.6 is 11.6 Å². The molecule has 0 aliphatic carbocycles. The lowest BCUT2D eigenvalue weighted by Gasteiger charge is -2.18. The molecule has 1 amide bonds. The highest BCUT2D eigenvalue weighted by molar-refractivity contribution is 6.30. The Morgan fingerprint density at radius 2 is 1.41 bits per heavy atom. The highest BCUT2D eigenvalue weighted by Crippen LogP contribution is 2.17. The first-order valence-corrected chi connectivity index (χ1v) is 9.46. The van der Waals surface area contributed by atoms with Crippen LogP contribution in [0.4, 0.5) is 4.79 Å². The lowest BCUT2D eigenvalue weighted by molar-refractivity contribution is -0.136. The predicted octanol–water partition coefficient (Wildman–Crippen LogP) is 4.78. The standard InChI is InChI=1S/C23H20ClNO4/c24-19-11-13-20(14-12-19)29-22(26)21(15-17-7-3-1-4-8-17)25-23(27)28-16-18-9-5-2-6-10-18/h1-14,21H,15-16H2,(H,25,27)/t21-/m0/s1. The Bertz CT molecular complexity index is 930. The maximum Gasteiger partial charge on any atom is 0.408 e. The van der Waals surface area contributed by atoms with Crippen LogP contribution in [-0.4, -0.2) is 18.1 Å². The Hall–Kier alpha value is -3.31. The van der Waals surface area contributed by atoms with Crippen molar-refractivity contribution in [1.82, 2.24) is 5.32 Å². The molecular weight excluding hydrogens is 390 g/mol. The number of alkyl carbamates (subject to hydrolysis) is 1. The number of carbonyl (C=O) groups is 2. The van der Waals surface area contributed by atoms with Crippen molar-refractivity contribution >= 4 is 23.7 Å². The summed E-state index contributed by atoms with van der Waals surface area (Å²) in [6.45, 7) is 0.108. The largest absolute Gasteiger partial charge is 0.445 e. The second-order valence-corrected chi connectivity index (χ2v) is 6.76. The van der Waals surface area contributed by atoms with Gasteiger partial charge < -0.3 is 14.8 Å². The molecule has 0 aliphatic rings. The summed E-state index contributed by atoms with van der Waals surface area (Å²) >= 11 is 5.86. The summed E-state index contributed by atoms with van der Waals surface area (Å²) < 4.78 is 10.6. The zero-order valence-corrected chi connectivity index (χ0v) is 16.3. The van der Waals surface area contributed by atoms with Crippen molar-refractivity contribution in [1.29, 1.82) is 0 Å². The van der Waals surface area contributed by atoms with Gasteiger partial charge >= 0.3 is 12.1 Å². The Labute approximate surface area is 174 Å². The summed E-state index contributed by atoms with van der Waals surface area (Å²) in [6, 6.07) is 24.2. The van der Waals surface area contributed by atoms with Crippen LogP contribution in [-0.2, 0) is 22.6 Å². The van der Waals surface area contributed by atoms with Crippen LogP contribution in [0, 0.1) is 0 Å². The third-order valence-corrected chi connectivity index (χ3v) is 4.36. The summed E-state index contributed by atoms with van der Waals surface area (Å²) in [5, 5.41) is 3.14. The predicted molar refractivity (Wildman–Crippen MR) is 111 cm³/mol. The molecule has 1 N–H and O–H groups in total. The van der Waals surface area contributed by atoms with Gasteiger partial charge in [0.15, 0.2) is 0 Å². The van der Waals surface area contributed by atoms with E-state index in [1.807, 2.05) is 60.7 Å². The molecule has 29 heavy (non-hydrogen) atoms. The summed E-state index contributed by atoms with van der Waals surface area (Å²) in [5.74, 6) is -0.246. The zero-order chi connectivity index (χ0) is 20.5. The van der Waals surface area contributed by atoms with Crippen molar-refractivity contribution < 1.29 is 19.1 Å². The third-order valence-electron chi connectivity index (χ3n) is 4.10. The van der Waals surface area contributed by atoms with Crippen LogP contribution in [0.25, 0.3) is 0 Å². The van der Waals surface area contributed by atoms with E-state index in [9.17, 15) is 9.59 Å². The Balaban J connectivity index is 1.65. The van der Waals surface area contributed by atoms with Crippen LogP contribution < -0.4 is 10.1 Å². The maximum absolute atomic E-state index is 12.7. The molecule has 0 aliphatic heterocycles. The molecular formula is C23H20ClNO4. The molecule has 0 fully saturated rings. The molecule has 0 aromatic heterocycles. The monoisotopic (exact) mass is 409 g/mol. The van der Waals surface area contributed by atoms with Crippen molar-refractivity contribution in [3.05, 3.63) is 101 Å². The quantitative estimate of drug-likeness (QED) is 0.450. The molecule has 3 aromatic rings. The number of benzene rings is 3. The minimum Gasteiger partial charge on any atom is -0.445 e. The smallest absolute Gasteiger partial charge is 0.408 e. The number of ether oxygens (including phenoxy) is 2. The molecule has 0 saturated heterocycles. The number of nitrogens with one attached hydrogen (secondary N) is 1. The number of esters is 1. The number of hydrogen-bond donors (Lipinski definition) is 1. The van der Waals surface area contributed by atoms with Crippen LogP contribution in [0.3, 0.4) is 0 Å². The average Bonchev–Trinajstić information content (AvgIpc) is 2.75. The molecule has 6 heteroatoms. The first-order chi connectivity index (χ1) is 14.1. The van der Waals surface area contributed by atoms with Gasteiger partial charge in [0.2, 0.25) is 0 Å². The Morgan fingerprint density at radius 3 is 2.03 bits per heavy atom. The molecule has 3 rings (SSSR count). The van der Waals surface area contributed by atoms with Crippen molar-refractivity contribution in [3.8, 4) is 5.75 Å². The van der Waals surface area contributed by atoms with E-state index in [0.717, 1.165) is 11.1 Å². The molecule has 0 unspecified atom stereocenters. The first-order valence-electron chi connectivity index (χ1n) is 9.08. The molecule has 148 valence electrons. The van der Waals surface area contributed by atoms with E-state index in [0.29, 0.717) is 10.8 Å². The van der Waals surface area contributed by atoms with Gasteiger partial charge in [0.25, 0.3) is 0 Å². The van der Waals surface area contributed by atoms with Gasteiger partial charge in [0, 0.05) is 11.4 Å². The Kier molecular flexibility index (Phi) is 7.25. The minimum absolute atomic E-state index is 0.108. The van der Waals surface area contributed by atoms with Gasteiger partial charge in [0.05, 0.1) is 0 Å². The third kappa shape index (κ3) is 6.66. The highest BCUT2D eigenvalue weighted by Gasteiger charge is 2.24. The summed E-state index contributed by atoms with van der Waals surface area (Å²) in [7, 11) is 0. The summed E-state index contributed by atoms with van der Waals surface area (Å²) in [5.41, 5.74) is 1.74. The molecule has 0 radical (unpaired) electrons. The number of hydrogen-bond acceptors (Lipinski definition) is 4. The molecule has 3 aromatic carbocycles. The molecule has 0 spiro atoms. The van der Waals surface area contributed by atoms with Gasteiger partial charge in [-0.1, -0.05) is 72.3 Å². The summed E-state index contributed by atoms with van der Waals surface area (Å²) in [4.78, 5) is 24.9. The first kappa shape index (κ1) is 20.4. The van der Waals surface area contributed by atoms with E-state index in [1.165, 1.54) is 0 Å². The molecule has 1 atom stereocenters. The number of carbonyl (C=O) groups excluding carboxylic acids is 2. The van der Waals surface area contributed by atoms with E-state index in [1.54, 1.807) is 24.3 Å². The molecule has 5 nitrogen and oxygen atoms in total. The second-order valence-electron chi connectivity index (χ2n) is 6.32. The topological polar surface area (TPSA) is 64.6 Å².